The third-order valence-corrected chi connectivity index (χ3v) is 4.75. The highest BCUT2D eigenvalue weighted by atomic mass is 16.1. The van der Waals surface area contributed by atoms with Crippen LogP contribution in [-0.2, 0) is 25.9 Å². The van der Waals surface area contributed by atoms with Crippen molar-refractivity contribution in [2.75, 3.05) is 0 Å². The van der Waals surface area contributed by atoms with Gasteiger partial charge in [0.15, 0.2) is 0 Å². The van der Waals surface area contributed by atoms with Gasteiger partial charge in [0.05, 0.1) is 5.52 Å². The van der Waals surface area contributed by atoms with Crippen LogP contribution >= 0.6 is 0 Å². The van der Waals surface area contributed by atoms with Crippen LogP contribution in [0.15, 0.2) is 18.2 Å². The van der Waals surface area contributed by atoms with Crippen molar-refractivity contribution in [2.24, 2.45) is 0 Å². The molecule has 25 heavy (non-hydrogen) atoms. The molecule has 8 nitrogen and oxygen atoms in total. The highest BCUT2D eigenvalue weighted by molar-refractivity contribution is 5.97. The summed E-state index contributed by atoms with van der Waals surface area (Å²) in [6.45, 7) is 5.57. The molecule has 1 atom stereocenters. The number of rotatable bonds is 4. The second-order valence-electron chi connectivity index (χ2n) is 6.31. The largest absolute Gasteiger partial charge is 0.347 e. The number of hydrogen-bond acceptors (Lipinski definition) is 5. The van der Waals surface area contributed by atoms with Crippen molar-refractivity contribution in [1.82, 2.24) is 35.1 Å². The fourth-order valence-corrected chi connectivity index (χ4v) is 3.38. The Morgan fingerprint density at radius 3 is 2.96 bits per heavy atom. The van der Waals surface area contributed by atoms with Crippen LogP contribution in [0.3, 0.4) is 0 Å². The lowest BCUT2D eigenvalue weighted by Gasteiger charge is -2.25. The topological polar surface area (TPSA) is 90.5 Å². The summed E-state index contributed by atoms with van der Waals surface area (Å²) in [6, 6.07) is 5.62. The highest BCUT2D eigenvalue weighted by Crippen LogP contribution is 2.17. The molecule has 1 N–H and O–H groups in total. The van der Waals surface area contributed by atoms with E-state index >= 15 is 0 Å². The first kappa shape index (κ1) is 15.7. The van der Waals surface area contributed by atoms with Crippen molar-refractivity contribution in [3.63, 3.8) is 0 Å². The quantitative estimate of drug-likeness (QED) is 0.775. The lowest BCUT2D eigenvalue weighted by molar-refractivity contribution is 0.0927. The molecule has 1 aromatic carbocycles. The van der Waals surface area contributed by atoms with Crippen LogP contribution in [0.25, 0.3) is 11.0 Å². The van der Waals surface area contributed by atoms with Crippen molar-refractivity contribution < 1.29 is 4.79 Å². The van der Waals surface area contributed by atoms with Gasteiger partial charge in [-0.2, -0.15) is 0 Å². The van der Waals surface area contributed by atoms with Gasteiger partial charge >= 0.3 is 0 Å². The Hall–Kier alpha value is -2.77. The van der Waals surface area contributed by atoms with Gasteiger partial charge in [0.2, 0.25) is 0 Å². The Morgan fingerprint density at radius 2 is 2.16 bits per heavy atom. The van der Waals surface area contributed by atoms with Crippen LogP contribution in [0, 0.1) is 0 Å². The summed E-state index contributed by atoms with van der Waals surface area (Å²) in [5.74, 6) is 1.92. The Bertz CT molecular complexity index is 913. The van der Waals surface area contributed by atoms with E-state index in [0.717, 1.165) is 55.0 Å². The molecule has 0 spiro atoms. The maximum atomic E-state index is 12.6. The van der Waals surface area contributed by atoms with E-state index in [9.17, 15) is 4.79 Å². The molecule has 8 heteroatoms. The van der Waals surface area contributed by atoms with Crippen LogP contribution in [0.1, 0.15) is 42.3 Å². The zero-order chi connectivity index (χ0) is 17.4. The number of nitrogens with zero attached hydrogens (tertiary/aromatic N) is 6. The molecular weight excluding hydrogens is 318 g/mol. The molecule has 0 unspecified atom stereocenters. The fraction of sp³-hybridized carbons (Fsp3) is 0.471. The van der Waals surface area contributed by atoms with E-state index in [0.29, 0.717) is 5.56 Å². The van der Waals surface area contributed by atoms with E-state index in [1.807, 2.05) is 23.7 Å². The predicted molar refractivity (Wildman–Crippen MR) is 92.2 cm³/mol. The standard InChI is InChI=1S/C17H21N7O/c1-3-15-20-21-16-8-6-12(10-23(15)16)18-17(25)11-5-7-14-13(9-11)19-22-24(14)4-2/h5,7,9,12H,3-4,6,8,10H2,1-2H3,(H,18,25)/t12-/m0/s1. The molecule has 2 aromatic heterocycles. The smallest absolute Gasteiger partial charge is 0.251 e. The first-order valence-electron chi connectivity index (χ1n) is 8.74. The van der Waals surface area contributed by atoms with Gasteiger partial charge in [-0.15, -0.1) is 15.3 Å². The van der Waals surface area contributed by atoms with E-state index < -0.39 is 0 Å². The molecule has 0 saturated carbocycles. The van der Waals surface area contributed by atoms with Crippen LogP contribution in [0.5, 0.6) is 0 Å². The summed E-state index contributed by atoms with van der Waals surface area (Å²) in [5.41, 5.74) is 2.30. The number of carbonyl (C=O) groups excluding carboxylic acids is 1. The minimum atomic E-state index is -0.0764. The molecular formula is C17H21N7O. The van der Waals surface area contributed by atoms with Crippen molar-refractivity contribution in [1.29, 1.82) is 0 Å². The number of aryl methyl sites for hydroxylation is 3. The maximum Gasteiger partial charge on any atom is 0.251 e. The van der Waals surface area contributed by atoms with Crippen LogP contribution in [0.4, 0.5) is 0 Å². The van der Waals surface area contributed by atoms with Crippen LogP contribution in [-0.4, -0.2) is 41.7 Å². The minimum Gasteiger partial charge on any atom is -0.347 e. The van der Waals surface area contributed by atoms with E-state index in [1.165, 1.54) is 0 Å². The van der Waals surface area contributed by atoms with E-state index in [1.54, 1.807) is 6.07 Å². The molecule has 130 valence electrons. The molecule has 3 heterocycles. The molecule has 1 aliphatic rings. The number of carbonyl (C=O) groups is 1. The predicted octanol–water partition coefficient (Wildman–Crippen LogP) is 1.35. The average molecular weight is 339 g/mol. The third kappa shape index (κ3) is 2.77. The van der Waals surface area contributed by atoms with Gasteiger partial charge in [-0.05, 0) is 31.5 Å². The second-order valence-corrected chi connectivity index (χ2v) is 6.31. The van der Waals surface area contributed by atoms with Crippen LogP contribution < -0.4 is 5.32 Å². The van der Waals surface area contributed by atoms with E-state index in [2.05, 4.69) is 37.3 Å². The molecule has 4 rings (SSSR count). The van der Waals surface area contributed by atoms with Gasteiger partial charge < -0.3 is 9.88 Å². The second kappa shape index (κ2) is 6.27. The Labute approximate surface area is 145 Å². The fourth-order valence-electron chi connectivity index (χ4n) is 3.38. The van der Waals surface area contributed by atoms with Crippen molar-refractivity contribution in [3.05, 3.63) is 35.4 Å². The number of aromatic nitrogens is 6. The molecule has 1 amide bonds. The maximum absolute atomic E-state index is 12.6. The number of nitrogens with one attached hydrogen (secondary N) is 1. The zero-order valence-electron chi connectivity index (χ0n) is 14.4. The van der Waals surface area contributed by atoms with Gasteiger partial charge in [0, 0.05) is 37.5 Å². The first-order valence-corrected chi connectivity index (χ1v) is 8.74. The lowest BCUT2D eigenvalue weighted by Crippen LogP contribution is -2.41. The van der Waals surface area contributed by atoms with Crippen molar-refractivity contribution >= 4 is 16.9 Å². The Kier molecular flexibility index (Phi) is 3.95. The minimum absolute atomic E-state index is 0.0764. The molecule has 0 fully saturated rings. The van der Waals surface area contributed by atoms with Gasteiger partial charge in [0.25, 0.3) is 5.91 Å². The molecule has 0 bridgehead atoms. The summed E-state index contributed by atoms with van der Waals surface area (Å²) in [4.78, 5) is 12.6. The SMILES string of the molecule is CCc1nnc2n1C[C@@H](NC(=O)c1ccc3c(c1)nnn3CC)CC2. The summed E-state index contributed by atoms with van der Waals surface area (Å²) in [6.07, 6.45) is 2.56. The molecule has 1 aliphatic heterocycles. The number of hydrogen-bond donors (Lipinski definition) is 1. The van der Waals surface area contributed by atoms with E-state index in [4.69, 9.17) is 0 Å². The van der Waals surface area contributed by atoms with E-state index in [-0.39, 0.29) is 11.9 Å². The summed E-state index contributed by atoms with van der Waals surface area (Å²) in [5, 5.41) is 19.8. The lowest BCUT2D eigenvalue weighted by atomic mass is 10.1. The highest BCUT2D eigenvalue weighted by Gasteiger charge is 2.24. The number of fused-ring (bicyclic) bond motifs is 2. The third-order valence-electron chi connectivity index (χ3n) is 4.75. The number of amides is 1. The molecule has 0 radical (unpaired) electrons. The summed E-state index contributed by atoms with van der Waals surface area (Å²) >= 11 is 0. The monoisotopic (exact) mass is 339 g/mol. The Morgan fingerprint density at radius 1 is 1.28 bits per heavy atom. The van der Waals surface area contributed by atoms with Gasteiger partial charge in [-0.3, -0.25) is 4.79 Å². The molecule has 0 saturated heterocycles. The Balaban J connectivity index is 1.50. The molecule has 3 aromatic rings. The van der Waals surface area contributed by atoms with Crippen molar-refractivity contribution in [3.8, 4) is 0 Å². The average Bonchev–Trinajstić information content (AvgIpc) is 3.24. The molecule has 0 aliphatic carbocycles. The number of benzene rings is 1. The summed E-state index contributed by atoms with van der Waals surface area (Å²) < 4.78 is 3.95. The summed E-state index contributed by atoms with van der Waals surface area (Å²) in [7, 11) is 0. The van der Waals surface area contributed by atoms with Crippen molar-refractivity contribution in [2.45, 2.75) is 52.2 Å². The van der Waals surface area contributed by atoms with Gasteiger partial charge in [0.1, 0.15) is 17.2 Å². The normalized spacial score (nSPS) is 16.8. The zero-order valence-corrected chi connectivity index (χ0v) is 14.4. The van der Waals surface area contributed by atoms with Crippen LogP contribution in [0.2, 0.25) is 0 Å². The van der Waals surface area contributed by atoms with Gasteiger partial charge in [-0.25, -0.2) is 4.68 Å². The first-order chi connectivity index (χ1) is 12.2. The van der Waals surface area contributed by atoms with Gasteiger partial charge in [-0.1, -0.05) is 12.1 Å².